The van der Waals surface area contributed by atoms with E-state index < -0.39 is 0 Å². The fraction of sp³-hybridized carbons (Fsp3) is 0.440. The van der Waals surface area contributed by atoms with Crippen LogP contribution in [0.2, 0.25) is 0 Å². The lowest BCUT2D eigenvalue weighted by atomic mass is 9.91. The number of ether oxygens (including phenoxy) is 1. The van der Waals surface area contributed by atoms with Crippen LogP contribution in [0.3, 0.4) is 0 Å². The predicted molar refractivity (Wildman–Crippen MR) is 127 cm³/mol. The molecule has 0 saturated carbocycles. The van der Waals surface area contributed by atoms with Crippen LogP contribution in [-0.2, 0) is 11.2 Å². The Kier molecular flexibility index (Phi) is 8.76. The number of benzene rings is 2. The van der Waals surface area contributed by atoms with Gasteiger partial charge in [-0.1, -0.05) is 43.7 Å². The number of anilines is 1. The number of amides is 1. The molecule has 31 heavy (non-hydrogen) atoms. The van der Waals surface area contributed by atoms with E-state index in [9.17, 15) is 4.79 Å². The smallest absolute Gasteiger partial charge is 0.225 e. The molecule has 6 heteroatoms. The second kappa shape index (κ2) is 12.0. The maximum atomic E-state index is 12.0. The van der Waals surface area contributed by atoms with Crippen molar-refractivity contribution in [3.05, 3.63) is 59.7 Å². The number of carbonyl (C=O) groups is 1. The zero-order chi connectivity index (χ0) is 21.9. The molecule has 3 N–H and O–H groups in total. The van der Waals surface area contributed by atoms with Crippen molar-refractivity contribution in [1.29, 1.82) is 0 Å². The van der Waals surface area contributed by atoms with Crippen molar-refractivity contribution in [2.45, 2.75) is 45.4 Å². The molecular weight excluding hydrogens is 388 g/mol. The van der Waals surface area contributed by atoms with E-state index in [1.807, 2.05) is 30.3 Å². The quantitative estimate of drug-likeness (QED) is 0.306. The van der Waals surface area contributed by atoms with E-state index in [0.717, 1.165) is 61.9 Å². The van der Waals surface area contributed by atoms with Crippen molar-refractivity contribution in [1.82, 2.24) is 10.6 Å². The summed E-state index contributed by atoms with van der Waals surface area (Å²) in [7, 11) is 0. The number of rotatable bonds is 10. The first kappa shape index (κ1) is 22.7. The fourth-order valence-electron chi connectivity index (χ4n) is 3.62. The second-order valence-electron chi connectivity index (χ2n) is 7.78. The Bertz CT molecular complexity index is 864. The Morgan fingerprint density at radius 3 is 2.71 bits per heavy atom. The molecule has 0 aromatic heterocycles. The van der Waals surface area contributed by atoms with Crippen LogP contribution in [0.15, 0.2) is 53.5 Å². The summed E-state index contributed by atoms with van der Waals surface area (Å²) in [5.74, 6) is 1.86. The first-order valence-electron chi connectivity index (χ1n) is 11.3. The number of guanidine groups is 1. The normalized spacial score (nSPS) is 15.7. The molecule has 2 aromatic rings. The van der Waals surface area contributed by atoms with Gasteiger partial charge in [0.15, 0.2) is 5.96 Å². The van der Waals surface area contributed by atoms with Crippen molar-refractivity contribution < 1.29 is 9.53 Å². The molecule has 6 nitrogen and oxygen atoms in total. The third-order valence-electron chi connectivity index (χ3n) is 5.32. The molecule has 1 aliphatic heterocycles. The third-order valence-corrected chi connectivity index (χ3v) is 5.32. The van der Waals surface area contributed by atoms with Crippen LogP contribution in [0.25, 0.3) is 0 Å². The van der Waals surface area contributed by atoms with Crippen LogP contribution < -0.4 is 20.7 Å². The molecule has 0 saturated heterocycles. The van der Waals surface area contributed by atoms with Crippen LogP contribution in [-0.4, -0.2) is 38.1 Å². The van der Waals surface area contributed by atoms with E-state index in [1.54, 1.807) is 0 Å². The molecule has 0 radical (unpaired) electrons. The van der Waals surface area contributed by atoms with Gasteiger partial charge >= 0.3 is 0 Å². The summed E-state index contributed by atoms with van der Waals surface area (Å²) < 4.78 is 5.72. The van der Waals surface area contributed by atoms with Crippen LogP contribution in [0, 0.1) is 0 Å². The standard InChI is InChI=1S/C25H34N4O2/c1-3-5-16-31-21-12-10-19(11-13-21)14-15-27-25(26-4-2)28-18-20-17-24(30)29-23-9-7-6-8-22(20)23/h6-13,20H,3-5,14-18H2,1-2H3,(H,29,30)(H2,26,27,28). The van der Waals surface area contributed by atoms with Gasteiger partial charge in [-0.15, -0.1) is 0 Å². The molecule has 2 aromatic carbocycles. The summed E-state index contributed by atoms with van der Waals surface area (Å²) in [4.78, 5) is 16.8. The van der Waals surface area contributed by atoms with Gasteiger partial charge in [-0.3, -0.25) is 9.79 Å². The molecule has 1 heterocycles. The third kappa shape index (κ3) is 7.02. The first-order chi connectivity index (χ1) is 15.2. The molecule has 1 atom stereocenters. The predicted octanol–water partition coefficient (Wildman–Crippen LogP) is 4.09. The van der Waals surface area contributed by atoms with Gasteiger partial charge in [-0.05, 0) is 49.1 Å². The molecule has 0 aliphatic carbocycles. The highest BCUT2D eigenvalue weighted by atomic mass is 16.5. The monoisotopic (exact) mass is 422 g/mol. The molecule has 0 fully saturated rings. The molecule has 1 aliphatic rings. The van der Waals surface area contributed by atoms with Crippen molar-refractivity contribution in [2.24, 2.45) is 4.99 Å². The average Bonchev–Trinajstić information content (AvgIpc) is 2.78. The zero-order valence-electron chi connectivity index (χ0n) is 18.6. The Labute approximate surface area is 185 Å². The average molecular weight is 423 g/mol. The second-order valence-corrected chi connectivity index (χ2v) is 7.78. The van der Waals surface area contributed by atoms with E-state index in [0.29, 0.717) is 13.0 Å². The summed E-state index contributed by atoms with van der Waals surface area (Å²) in [6, 6.07) is 16.3. The van der Waals surface area contributed by atoms with Gasteiger partial charge in [0.2, 0.25) is 5.91 Å². The number of hydrogen-bond donors (Lipinski definition) is 3. The van der Waals surface area contributed by atoms with E-state index in [4.69, 9.17) is 9.73 Å². The highest BCUT2D eigenvalue weighted by Gasteiger charge is 2.24. The Morgan fingerprint density at radius 2 is 1.94 bits per heavy atom. The summed E-state index contributed by atoms with van der Waals surface area (Å²) in [6.45, 7) is 7.13. The zero-order valence-corrected chi connectivity index (χ0v) is 18.6. The van der Waals surface area contributed by atoms with Crippen molar-refractivity contribution in [2.75, 3.05) is 31.6 Å². The van der Waals surface area contributed by atoms with Crippen LogP contribution >= 0.6 is 0 Å². The lowest BCUT2D eigenvalue weighted by Gasteiger charge is -2.24. The molecule has 1 unspecified atom stereocenters. The Balaban J connectivity index is 1.52. The van der Waals surface area contributed by atoms with Crippen LogP contribution in [0.1, 0.15) is 50.2 Å². The number of nitrogens with one attached hydrogen (secondary N) is 3. The van der Waals surface area contributed by atoms with Gasteiger partial charge in [0.25, 0.3) is 0 Å². The number of aliphatic imine (C=N–C) groups is 1. The Morgan fingerprint density at radius 1 is 1.13 bits per heavy atom. The molecule has 166 valence electrons. The minimum absolute atomic E-state index is 0.0546. The summed E-state index contributed by atoms with van der Waals surface area (Å²) >= 11 is 0. The minimum atomic E-state index is 0.0546. The molecular formula is C25H34N4O2. The van der Waals surface area contributed by atoms with Gasteiger partial charge < -0.3 is 20.7 Å². The number of carbonyl (C=O) groups excluding carboxylic acids is 1. The van der Waals surface area contributed by atoms with Gasteiger partial charge in [0.05, 0.1) is 13.2 Å². The number of hydrogen-bond acceptors (Lipinski definition) is 3. The molecule has 0 spiro atoms. The first-order valence-corrected chi connectivity index (χ1v) is 11.3. The SMILES string of the molecule is CCCCOc1ccc(CCNC(=NCC2CC(=O)Nc3ccccc32)NCC)cc1. The van der Waals surface area contributed by atoms with E-state index in [-0.39, 0.29) is 11.8 Å². The van der Waals surface area contributed by atoms with Gasteiger partial charge in [-0.25, -0.2) is 0 Å². The van der Waals surface area contributed by atoms with Gasteiger partial charge in [0, 0.05) is 31.1 Å². The van der Waals surface area contributed by atoms with Crippen LogP contribution in [0.4, 0.5) is 5.69 Å². The minimum Gasteiger partial charge on any atom is -0.494 e. The lowest BCUT2D eigenvalue weighted by molar-refractivity contribution is -0.116. The van der Waals surface area contributed by atoms with Gasteiger partial charge in [-0.2, -0.15) is 0 Å². The Hall–Kier alpha value is -3.02. The number of para-hydroxylation sites is 1. The van der Waals surface area contributed by atoms with Gasteiger partial charge in [0.1, 0.15) is 5.75 Å². The maximum absolute atomic E-state index is 12.0. The number of nitrogens with zero attached hydrogens (tertiary/aromatic N) is 1. The summed E-state index contributed by atoms with van der Waals surface area (Å²) in [5, 5.41) is 9.65. The fourth-order valence-corrected chi connectivity index (χ4v) is 3.62. The maximum Gasteiger partial charge on any atom is 0.225 e. The summed E-state index contributed by atoms with van der Waals surface area (Å²) in [5.41, 5.74) is 3.31. The molecule has 1 amide bonds. The van der Waals surface area contributed by atoms with Crippen molar-refractivity contribution in [3.63, 3.8) is 0 Å². The van der Waals surface area contributed by atoms with E-state index in [2.05, 4.69) is 48.0 Å². The largest absolute Gasteiger partial charge is 0.494 e. The lowest BCUT2D eigenvalue weighted by Crippen LogP contribution is -2.38. The van der Waals surface area contributed by atoms with Crippen molar-refractivity contribution >= 4 is 17.6 Å². The molecule has 3 rings (SSSR count). The van der Waals surface area contributed by atoms with Crippen LogP contribution in [0.5, 0.6) is 5.75 Å². The highest BCUT2D eigenvalue weighted by molar-refractivity contribution is 5.94. The molecule has 0 bridgehead atoms. The van der Waals surface area contributed by atoms with Crippen molar-refractivity contribution in [3.8, 4) is 5.75 Å². The van der Waals surface area contributed by atoms with E-state index in [1.165, 1.54) is 5.56 Å². The topological polar surface area (TPSA) is 74.8 Å². The van der Waals surface area contributed by atoms with E-state index >= 15 is 0 Å². The number of unbranched alkanes of at least 4 members (excludes halogenated alkanes) is 1. The summed E-state index contributed by atoms with van der Waals surface area (Å²) in [6.07, 6.45) is 3.58. The highest BCUT2D eigenvalue weighted by Crippen LogP contribution is 2.31. The number of fused-ring (bicyclic) bond motifs is 1.